The van der Waals surface area contributed by atoms with Crippen LogP contribution in [0.25, 0.3) is 11.0 Å². The van der Waals surface area contributed by atoms with Gasteiger partial charge in [0.2, 0.25) is 0 Å². The predicted molar refractivity (Wildman–Crippen MR) is 94.9 cm³/mol. The molecule has 4 rings (SSSR count). The van der Waals surface area contributed by atoms with E-state index in [2.05, 4.69) is 5.32 Å². The number of amides is 2. The maximum absolute atomic E-state index is 12.7. The summed E-state index contributed by atoms with van der Waals surface area (Å²) < 4.78 is 10.7. The molecule has 0 unspecified atom stereocenters. The van der Waals surface area contributed by atoms with E-state index in [9.17, 15) is 9.59 Å². The number of carbonyl (C=O) groups excluding carboxylic acids is 1. The fourth-order valence-electron chi connectivity index (χ4n) is 3.39. The summed E-state index contributed by atoms with van der Waals surface area (Å²) in [5.74, 6) is 0.420. The Morgan fingerprint density at radius 3 is 2.84 bits per heavy atom. The molecule has 1 aliphatic heterocycles. The second kappa shape index (κ2) is 6.52. The van der Waals surface area contributed by atoms with Crippen LogP contribution in [0.15, 0.2) is 33.5 Å². The molecular weight excluding hydrogens is 320 g/mol. The average molecular weight is 342 g/mol. The van der Waals surface area contributed by atoms with Crippen LogP contribution in [0.4, 0.5) is 10.5 Å². The molecule has 2 heterocycles. The van der Waals surface area contributed by atoms with Gasteiger partial charge in [-0.05, 0) is 43.9 Å². The lowest BCUT2D eigenvalue weighted by Crippen LogP contribution is -2.40. The van der Waals surface area contributed by atoms with Gasteiger partial charge in [0.25, 0.3) is 0 Å². The van der Waals surface area contributed by atoms with E-state index in [0.29, 0.717) is 23.2 Å². The van der Waals surface area contributed by atoms with Gasteiger partial charge in [-0.15, -0.1) is 0 Å². The molecule has 0 radical (unpaired) electrons. The predicted octanol–water partition coefficient (Wildman–Crippen LogP) is 3.13. The zero-order valence-corrected chi connectivity index (χ0v) is 14.3. The average Bonchev–Trinajstić information content (AvgIpc) is 3.27. The van der Waals surface area contributed by atoms with E-state index in [1.54, 1.807) is 6.07 Å². The van der Waals surface area contributed by atoms with Gasteiger partial charge >= 0.3 is 11.7 Å². The van der Waals surface area contributed by atoms with Crippen LogP contribution in [0.3, 0.4) is 0 Å². The van der Waals surface area contributed by atoms with Crippen LogP contribution in [-0.2, 0) is 4.74 Å². The normalized spacial score (nSPS) is 20.0. The third kappa shape index (κ3) is 3.54. The van der Waals surface area contributed by atoms with Gasteiger partial charge in [0, 0.05) is 48.3 Å². The number of rotatable bonds is 4. The minimum absolute atomic E-state index is 0.0937. The maximum Gasteiger partial charge on any atom is 0.336 e. The smallest absolute Gasteiger partial charge is 0.336 e. The number of anilines is 1. The highest BCUT2D eigenvalue weighted by Crippen LogP contribution is 2.30. The van der Waals surface area contributed by atoms with Gasteiger partial charge in [0.05, 0.1) is 6.61 Å². The van der Waals surface area contributed by atoms with Crippen molar-refractivity contribution in [3.8, 4) is 0 Å². The van der Waals surface area contributed by atoms with Gasteiger partial charge in [-0.3, -0.25) is 0 Å². The van der Waals surface area contributed by atoms with Gasteiger partial charge in [-0.25, -0.2) is 9.59 Å². The number of hydrogen-bond donors (Lipinski definition) is 1. The molecule has 6 heteroatoms. The van der Waals surface area contributed by atoms with E-state index in [0.717, 1.165) is 50.0 Å². The van der Waals surface area contributed by atoms with Crippen LogP contribution in [0.2, 0.25) is 0 Å². The van der Waals surface area contributed by atoms with Crippen LogP contribution in [0.1, 0.15) is 24.8 Å². The van der Waals surface area contributed by atoms with Crippen LogP contribution in [0, 0.1) is 12.8 Å². The Labute approximate surface area is 145 Å². The zero-order valence-electron chi connectivity index (χ0n) is 14.3. The van der Waals surface area contributed by atoms with Gasteiger partial charge in [0.1, 0.15) is 5.58 Å². The number of urea groups is 1. The summed E-state index contributed by atoms with van der Waals surface area (Å²) in [6, 6.07) is 7.14. The van der Waals surface area contributed by atoms with E-state index in [1.807, 2.05) is 24.0 Å². The molecule has 0 spiro atoms. The summed E-state index contributed by atoms with van der Waals surface area (Å²) in [6.07, 6.45) is 3.14. The molecule has 1 aliphatic carbocycles. The summed E-state index contributed by atoms with van der Waals surface area (Å²) >= 11 is 0. The van der Waals surface area contributed by atoms with Crippen molar-refractivity contribution in [2.45, 2.75) is 32.2 Å². The third-order valence-corrected chi connectivity index (χ3v) is 4.93. The molecular formula is C19H22N2O4. The van der Waals surface area contributed by atoms with Crippen LogP contribution in [0.5, 0.6) is 0 Å². The number of carbonyl (C=O) groups is 1. The molecule has 132 valence electrons. The van der Waals surface area contributed by atoms with Gasteiger partial charge in [0.15, 0.2) is 0 Å². The van der Waals surface area contributed by atoms with Crippen molar-refractivity contribution in [3.05, 3.63) is 40.2 Å². The highest BCUT2D eigenvalue weighted by molar-refractivity contribution is 5.93. The van der Waals surface area contributed by atoms with E-state index >= 15 is 0 Å². The molecule has 2 amide bonds. The SMILES string of the molecule is Cc1cc(=O)oc2cc(NC(=O)N(C[C@@H]3CCOC3)C3CC3)ccc12. The highest BCUT2D eigenvalue weighted by atomic mass is 16.5. The highest BCUT2D eigenvalue weighted by Gasteiger charge is 2.34. The second-order valence-electron chi connectivity index (χ2n) is 7.00. The van der Waals surface area contributed by atoms with Crippen molar-refractivity contribution in [1.82, 2.24) is 4.90 Å². The monoisotopic (exact) mass is 342 g/mol. The topological polar surface area (TPSA) is 71.8 Å². The molecule has 1 aromatic carbocycles. The maximum atomic E-state index is 12.7. The second-order valence-corrected chi connectivity index (χ2v) is 7.00. The molecule has 25 heavy (non-hydrogen) atoms. The molecule has 1 saturated carbocycles. The van der Waals surface area contributed by atoms with Crippen molar-refractivity contribution in [2.75, 3.05) is 25.1 Å². The van der Waals surface area contributed by atoms with Gasteiger partial charge in [-0.2, -0.15) is 0 Å². The lowest BCUT2D eigenvalue weighted by Gasteiger charge is -2.25. The fraction of sp³-hybridized carbons (Fsp3) is 0.474. The van der Waals surface area contributed by atoms with Crippen LogP contribution in [-0.4, -0.2) is 36.7 Å². The van der Waals surface area contributed by atoms with Crippen molar-refractivity contribution < 1.29 is 13.9 Å². The first-order valence-corrected chi connectivity index (χ1v) is 8.80. The zero-order chi connectivity index (χ0) is 17.4. The molecule has 1 saturated heterocycles. The summed E-state index contributed by atoms with van der Waals surface area (Å²) in [5.41, 5.74) is 1.61. The number of nitrogens with one attached hydrogen (secondary N) is 1. The van der Waals surface area contributed by atoms with E-state index in [1.165, 1.54) is 6.07 Å². The first-order valence-electron chi connectivity index (χ1n) is 8.80. The first kappa shape index (κ1) is 16.1. The summed E-state index contributed by atoms with van der Waals surface area (Å²) in [7, 11) is 0. The van der Waals surface area contributed by atoms with Gasteiger partial charge < -0.3 is 19.4 Å². The van der Waals surface area contributed by atoms with E-state index in [-0.39, 0.29) is 11.7 Å². The molecule has 2 aromatic rings. The Balaban J connectivity index is 1.52. The molecule has 2 aliphatic rings. The molecule has 1 atom stereocenters. The molecule has 1 N–H and O–H groups in total. The minimum atomic E-state index is -0.380. The number of nitrogens with zero attached hydrogens (tertiary/aromatic N) is 1. The third-order valence-electron chi connectivity index (χ3n) is 4.93. The lowest BCUT2D eigenvalue weighted by atomic mass is 10.1. The largest absolute Gasteiger partial charge is 0.423 e. The molecule has 0 bridgehead atoms. The Hall–Kier alpha value is -2.34. The van der Waals surface area contributed by atoms with Crippen molar-refractivity contribution in [1.29, 1.82) is 0 Å². The number of hydrogen-bond acceptors (Lipinski definition) is 4. The van der Waals surface area contributed by atoms with Crippen molar-refractivity contribution >= 4 is 22.7 Å². The van der Waals surface area contributed by atoms with Crippen LogP contribution < -0.4 is 10.9 Å². The Kier molecular flexibility index (Phi) is 4.21. The minimum Gasteiger partial charge on any atom is -0.423 e. The Morgan fingerprint density at radius 1 is 1.28 bits per heavy atom. The molecule has 2 fully saturated rings. The number of ether oxygens (including phenoxy) is 1. The lowest BCUT2D eigenvalue weighted by molar-refractivity contribution is 0.167. The number of fused-ring (bicyclic) bond motifs is 1. The quantitative estimate of drug-likeness (QED) is 0.867. The summed E-state index contributed by atoms with van der Waals surface area (Å²) in [6.45, 7) is 4.12. The van der Waals surface area contributed by atoms with Gasteiger partial charge in [-0.1, -0.05) is 0 Å². The summed E-state index contributed by atoms with van der Waals surface area (Å²) in [5, 5.41) is 3.83. The number of aryl methyl sites for hydroxylation is 1. The Morgan fingerprint density at radius 2 is 2.12 bits per heavy atom. The fourth-order valence-corrected chi connectivity index (χ4v) is 3.39. The van der Waals surface area contributed by atoms with E-state index < -0.39 is 0 Å². The van der Waals surface area contributed by atoms with Crippen molar-refractivity contribution in [3.63, 3.8) is 0 Å². The Bertz CT molecular complexity index is 850. The van der Waals surface area contributed by atoms with Crippen LogP contribution >= 0.6 is 0 Å². The van der Waals surface area contributed by atoms with E-state index in [4.69, 9.17) is 9.15 Å². The standard InChI is InChI=1S/C19H22N2O4/c1-12-8-18(22)25-17-9-14(2-5-16(12)17)20-19(23)21(15-3-4-15)10-13-6-7-24-11-13/h2,5,8-9,13,15H,3-4,6-7,10-11H2,1H3,(H,20,23)/t13-/m0/s1. The van der Waals surface area contributed by atoms with Crippen molar-refractivity contribution in [2.24, 2.45) is 5.92 Å². The molecule has 6 nitrogen and oxygen atoms in total. The summed E-state index contributed by atoms with van der Waals surface area (Å²) in [4.78, 5) is 26.2. The number of benzene rings is 1. The first-order chi connectivity index (χ1) is 12.1. The molecule has 1 aromatic heterocycles.